The van der Waals surface area contributed by atoms with Gasteiger partial charge in [0.25, 0.3) is 0 Å². The lowest BCUT2D eigenvalue weighted by molar-refractivity contribution is 0.403. The van der Waals surface area contributed by atoms with Crippen molar-refractivity contribution in [3.05, 3.63) is 11.6 Å². The SMILES string of the molecule is C1=C(C2CCCCCCC2)CC1. The third kappa shape index (κ3) is 1.91. The lowest BCUT2D eigenvalue weighted by Crippen LogP contribution is -2.11. The van der Waals surface area contributed by atoms with Gasteiger partial charge in [0.1, 0.15) is 0 Å². The van der Waals surface area contributed by atoms with Crippen LogP contribution in [0, 0.1) is 5.92 Å². The first-order valence-electron chi connectivity index (χ1n) is 5.66. The summed E-state index contributed by atoms with van der Waals surface area (Å²) in [5.41, 5.74) is 1.80. The highest BCUT2D eigenvalue weighted by Gasteiger charge is 2.18. The molecule has 0 nitrogen and oxygen atoms in total. The Hall–Kier alpha value is -0.260. The van der Waals surface area contributed by atoms with Crippen molar-refractivity contribution in [2.45, 2.75) is 57.8 Å². The fourth-order valence-electron chi connectivity index (χ4n) is 2.51. The van der Waals surface area contributed by atoms with Gasteiger partial charge in [-0.3, -0.25) is 0 Å². The molecule has 1 fully saturated rings. The molecule has 2 aliphatic rings. The van der Waals surface area contributed by atoms with Gasteiger partial charge in [-0.1, -0.05) is 43.8 Å². The average molecular weight is 164 g/mol. The summed E-state index contributed by atoms with van der Waals surface area (Å²) in [7, 11) is 0. The van der Waals surface area contributed by atoms with Crippen molar-refractivity contribution in [1.29, 1.82) is 0 Å². The van der Waals surface area contributed by atoms with Crippen molar-refractivity contribution in [1.82, 2.24) is 0 Å². The molecular weight excluding hydrogens is 144 g/mol. The summed E-state index contributed by atoms with van der Waals surface area (Å²) in [5.74, 6) is 0.999. The zero-order chi connectivity index (χ0) is 8.23. The van der Waals surface area contributed by atoms with E-state index in [0.717, 1.165) is 5.92 Å². The van der Waals surface area contributed by atoms with Gasteiger partial charge in [0, 0.05) is 0 Å². The molecule has 1 saturated carbocycles. The molecule has 0 aromatic rings. The van der Waals surface area contributed by atoms with E-state index >= 15 is 0 Å². The van der Waals surface area contributed by atoms with Crippen molar-refractivity contribution < 1.29 is 0 Å². The Kier molecular flexibility index (Phi) is 2.86. The van der Waals surface area contributed by atoms with Crippen molar-refractivity contribution in [3.63, 3.8) is 0 Å². The Morgan fingerprint density at radius 1 is 0.917 bits per heavy atom. The zero-order valence-electron chi connectivity index (χ0n) is 8.02. The molecule has 0 aromatic carbocycles. The van der Waals surface area contributed by atoms with E-state index < -0.39 is 0 Å². The fourth-order valence-corrected chi connectivity index (χ4v) is 2.51. The second kappa shape index (κ2) is 4.11. The van der Waals surface area contributed by atoms with Gasteiger partial charge < -0.3 is 0 Å². The summed E-state index contributed by atoms with van der Waals surface area (Å²) in [6, 6.07) is 0. The Morgan fingerprint density at radius 3 is 2.00 bits per heavy atom. The summed E-state index contributed by atoms with van der Waals surface area (Å²) in [6.07, 6.45) is 15.7. The van der Waals surface area contributed by atoms with Crippen LogP contribution in [0.15, 0.2) is 11.6 Å². The first kappa shape index (κ1) is 8.34. The molecule has 0 spiro atoms. The van der Waals surface area contributed by atoms with Gasteiger partial charge in [-0.25, -0.2) is 0 Å². The highest BCUT2D eigenvalue weighted by Crippen LogP contribution is 2.34. The van der Waals surface area contributed by atoms with Crippen LogP contribution in [0.2, 0.25) is 0 Å². The lowest BCUT2D eigenvalue weighted by atomic mass is 9.79. The predicted molar refractivity (Wildman–Crippen MR) is 53.1 cm³/mol. The molecular formula is C12H20. The maximum absolute atomic E-state index is 2.48. The van der Waals surface area contributed by atoms with E-state index in [1.165, 1.54) is 57.8 Å². The molecule has 0 saturated heterocycles. The molecule has 0 heteroatoms. The Labute approximate surface area is 76.1 Å². The highest BCUT2D eigenvalue weighted by atomic mass is 14.2. The minimum atomic E-state index is 0.999. The normalized spacial score (nSPS) is 26.8. The zero-order valence-corrected chi connectivity index (χ0v) is 8.02. The van der Waals surface area contributed by atoms with Crippen molar-refractivity contribution in [2.75, 3.05) is 0 Å². The smallest absolute Gasteiger partial charge is 0.0203 e. The minimum Gasteiger partial charge on any atom is -0.0847 e. The van der Waals surface area contributed by atoms with E-state index in [-0.39, 0.29) is 0 Å². The van der Waals surface area contributed by atoms with E-state index in [9.17, 15) is 0 Å². The van der Waals surface area contributed by atoms with Crippen LogP contribution in [0.1, 0.15) is 57.8 Å². The largest absolute Gasteiger partial charge is 0.0847 e. The Morgan fingerprint density at radius 2 is 1.50 bits per heavy atom. The van der Waals surface area contributed by atoms with Crippen LogP contribution >= 0.6 is 0 Å². The molecule has 0 unspecified atom stereocenters. The monoisotopic (exact) mass is 164 g/mol. The number of allylic oxidation sites excluding steroid dienone is 2. The molecule has 68 valence electrons. The van der Waals surface area contributed by atoms with Gasteiger partial charge in [0.2, 0.25) is 0 Å². The first-order chi connectivity index (χ1) is 5.97. The molecule has 0 amide bonds. The van der Waals surface area contributed by atoms with Crippen molar-refractivity contribution in [3.8, 4) is 0 Å². The molecule has 2 aliphatic carbocycles. The first-order valence-corrected chi connectivity index (χ1v) is 5.66. The number of hydrogen-bond donors (Lipinski definition) is 0. The van der Waals surface area contributed by atoms with Crippen LogP contribution in [0.5, 0.6) is 0 Å². The summed E-state index contributed by atoms with van der Waals surface area (Å²) in [5, 5.41) is 0. The van der Waals surface area contributed by atoms with Crippen molar-refractivity contribution in [2.24, 2.45) is 5.92 Å². The second-order valence-electron chi connectivity index (χ2n) is 4.36. The van der Waals surface area contributed by atoms with Crippen LogP contribution in [-0.4, -0.2) is 0 Å². The van der Waals surface area contributed by atoms with E-state index in [0.29, 0.717) is 0 Å². The summed E-state index contributed by atoms with van der Waals surface area (Å²) < 4.78 is 0. The molecule has 0 aliphatic heterocycles. The molecule has 0 aromatic heterocycles. The molecule has 12 heavy (non-hydrogen) atoms. The summed E-state index contributed by atoms with van der Waals surface area (Å²) in [4.78, 5) is 0. The van der Waals surface area contributed by atoms with Crippen LogP contribution in [0.3, 0.4) is 0 Å². The topological polar surface area (TPSA) is 0 Å². The number of hydrogen-bond acceptors (Lipinski definition) is 0. The Bertz CT molecular complexity index is 159. The predicted octanol–water partition coefficient (Wildman–Crippen LogP) is 4.07. The van der Waals surface area contributed by atoms with Gasteiger partial charge in [-0.15, -0.1) is 0 Å². The van der Waals surface area contributed by atoms with Crippen LogP contribution in [0.25, 0.3) is 0 Å². The van der Waals surface area contributed by atoms with Crippen LogP contribution in [0.4, 0.5) is 0 Å². The van der Waals surface area contributed by atoms with E-state index in [1.807, 2.05) is 0 Å². The molecule has 0 radical (unpaired) electrons. The van der Waals surface area contributed by atoms with E-state index in [4.69, 9.17) is 0 Å². The van der Waals surface area contributed by atoms with Gasteiger partial charge in [0.05, 0.1) is 0 Å². The maximum atomic E-state index is 2.48. The number of rotatable bonds is 1. The maximum Gasteiger partial charge on any atom is -0.0203 e. The molecule has 0 N–H and O–H groups in total. The minimum absolute atomic E-state index is 0.999. The van der Waals surface area contributed by atoms with Gasteiger partial charge >= 0.3 is 0 Å². The van der Waals surface area contributed by atoms with Crippen molar-refractivity contribution >= 4 is 0 Å². The van der Waals surface area contributed by atoms with Gasteiger partial charge in [-0.05, 0) is 31.6 Å². The Balaban J connectivity index is 1.85. The van der Waals surface area contributed by atoms with E-state index in [2.05, 4.69) is 6.08 Å². The fraction of sp³-hybridized carbons (Fsp3) is 0.833. The van der Waals surface area contributed by atoms with Crippen LogP contribution in [-0.2, 0) is 0 Å². The standard InChI is InChI=1S/C12H20/c1-2-4-7-11(8-5-3-1)12-9-6-10-12/h9,11H,1-8,10H2. The lowest BCUT2D eigenvalue weighted by Gasteiger charge is -2.26. The van der Waals surface area contributed by atoms with Crippen LogP contribution < -0.4 is 0 Å². The molecule has 0 atom stereocenters. The molecule has 2 rings (SSSR count). The van der Waals surface area contributed by atoms with Gasteiger partial charge in [0.15, 0.2) is 0 Å². The average Bonchev–Trinajstić information content (AvgIpc) is 1.90. The molecule has 0 heterocycles. The quantitative estimate of drug-likeness (QED) is 0.512. The molecule has 0 bridgehead atoms. The second-order valence-corrected chi connectivity index (χ2v) is 4.36. The summed E-state index contributed by atoms with van der Waals surface area (Å²) >= 11 is 0. The third-order valence-electron chi connectivity index (χ3n) is 3.47. The van der Waals surface area contributed by atoms with E-state index in [1.54, 1.807) is 5.57 Å². The summed E-state index contributed by atoms with van der Waals surface area (Å²) in [6.45, 7) is 0. The third-order valence-corrected chi connectivity index (χ3v) is 3.47. The van der Waals surface area contributed by atoms with Gasteiger partial charge in [-0.2, -0.15) is 0 Å². The highest BCUT2D eigenvalue weighted by molar-refractivity contribution is 5.15.